The molecule has 0 aromatic carbocycles. The minimum absolute atomic E-state index is 0.957. The van der Waals surface area contributed by atoms with Crippen LogP contribution in [0.15, 0.2) is 12.2 Å². The Labute approximate surface area is 68.7 Å². The van der Waals surface area contributed by atoms with E-state index in [1.165, 1.54) is 19.3 Å². The van der Waals surface area contributed by atoms with Crippen molar-refractivity contribution >= 4 is 0 Å². The zero-order valence-corrected chi connectivity index (χ0v) is 7.05. The fraction of sp³-hybridized carbons (Fsp3) is 0.818. The third-order valence-electron chi connectivity index (χ3n) is 4.17. The maximum atomic E-state index is 4.23. The molecule has 0 radical (unpaired) electrons. The van der Waals surface area contributed by atoms with E-state index < -0.39 is 0 Å². The Balaban J connectivity index is 2.00. The molecule has 0 N–H and O–H groups in total. The molecule has 0 saturated heterocycles. The monoisotopic (exact) mass is 148 g/mol. The van der Waals surface area contributed by atoms with Gasteiger partial charge in [0.2, 0.25) is 0 Å². The van der Waals surface area contributed by atoms with Gasteiger partial charge >= 0.3 is 0 Å². The molecule has 3 rings (SSSR count). The highest BCUT2D eigenvalue weighted by Crippen LogP contribution is 2.56. The van der Waals surface area contributed by atoms with E-state index in [4.69, 9.17) is 0 Å². The van der Waals surface area contributed by atoms with Crippen molar-refractivity contribution < 1.29 is 0 Å². The molecule has 3 bridgehead atoms. The van der Waals surface area contributed by atoms with Crippen LogP contribution in [-0.4, -0.2) is 0 Å². The summed E-state index contributed by atoms with van der Waals surface area (Å²) in [7, 11) is 0. The topological polar surface area (TPSA) is 0 Å². The summed E-state index contributed by atoms with van der Waals surface area (Å²) in [6, 6.07) is 0. The molecule has 4 unspecified atom stereocenters. The van der Waals surface area contributed by atoms with Crippen molar-refractivity contribution in [2.45, 2.75) is 32.1 Å². The summed E-state index contributed by atoms with van der Waals surface area (Å²) < 4.78 is 0. The van der Waals surface area contributed by atoms with Gasteiger partial charge in [-0.15, -0.1) is 0 Å². The number of fused-ring (bicyclic) bond motifs is 2. The fourth-order valence-electron chi connectivity index (χ4n) is 3.88. The zero-order valence-electron chi connectivity index (χ0n) is 7.05. The Morgan fingerprint density at radius 3 is 2.73 bits per heavy atom. The number of hydrogen-bond donors (Lipinski definition) is 0. The smallest absolute Gasteiger partial charge is 0.0175 e. The summed E-state index contributed by atoms with van der Waals surface area (Å²) in [6.45, 7) is 4.23. The standard InChI is InChI=1S/C11H16/c1-7-2-8-3-9-5-10(4-8)11(7)6-9/h8-11H,1-6H2. The van der Waals surface area contributed by atoms with E-state index in [1.807, 2.05) is 0 Å². The van der Waals surface area contributed by atoms with E-state index in [-0.39, 0.29) is 0 Å². The van der Waals surface area contributed by atoms with Crippen LogP contribution in [0.25, 0.3) is 0 Å². The number of rotatable bonds is 0. The molecule has 0 aromatic rings. The molecule has 4 atom stereocenters. The number of allylic oxidation sites excluding steroid dienone is 1. The third-order valence-corrected chi connectivity index (χ3v) is 4.17. The van der Waals surface area contributed by atoms with Crippen LogP contribution < -0.4 is 0 Å². The maximum Gasteiger partial charge on any atom is -0.0175 e. The molecule has 11 heavy (non-hydrogen) atoms. The average Bonchev–Trinajstić information content (AvgIpc) is 2.19. The normalized spacial score (nSPS) is 53.6. The van der Waals surface area contributed by atoms with Gasteiger partial charge in [0, 0.05) is 0 Å². The summed E-state index contributed by atoms with van der Waals surface area (Å²) in [6.07, 6.45) is 7.49. The van der Waals surface area contributed by atoms with Crippen LogP contribution in [0.4, 0.5) is 0 Å². The molecule has 3 fully saturated rings. The van der Waals surface area contributed by atoms with Crippen LogP contribution in [-0.2, 0) is 0 Å². The minimum Gasteiger partial charge on any atom is -0.0996 e. The Bertz CT molecular complexity index is 202. The van der Waals surface area contributed by atoms with E-state index in [1.54, 1.807) is 18.4 Å². The average molecular weight is 148 g/mol. The lowest BCUT2D eigenvalue weighted by atomic mass is 9.70. The van der Waals surface area contributed by atoms with Crippen LogP contribution in [0, 0.1) is 23.7 Å². The van der Waals surface area contributed by atoms with Crippen molar-refractivity contribution in [2.24, 2.45) is 23.7 Å². The second-order valence-electron chi connectivity index (χ2n) is 4.90. The molecule has 0 heteroatoms. The van der Waals surface area contributed by atoms with Crippen molar-refractivity contribution in [1.29, 1.82) is 0 Å². The van der Waals surface area contributed by atoms with Crippen molar-refractivity contribution in [3.05, 3.63) is 12.2 Å². The van der Waals surface area contributed by atoms with Crippen LogP contribution in [0.1, 0.15) is 32.1 Å². The second kappa shape index (κ2) is 1.91. The molecule has 0 aromatic heterocycles. The first-order valence-corrected chi connectivity index (χ1v) is 5.00. The lowest BCUT2D eigenvalue weighted by Crippen LogP contribution is -2.24. The van der Waals surface area contributed by atoms with Gasteiger partial charge in [0.15, 0.2) is 0 Å². The maximum absolute atomic E-state index is 4.23. The SMILES string of the molecule is C=C1CC2CC3CC(C2)C1C3. The number of hydrogen-bond acceptors (Lipinski definition) is 0. The zero-order chi connectivity index (χ0) is 7.42. The minimum atomic E-state index is 0.957. The van der Waals surface area contributed by atoms with Gasteiger partial charge in [0.1, 0.15) is 0 Å². The van der Waals surface area contributed by atoms with Gasteiger partial charge in [-0.3, -0.25) is 0 Å². The highest BCUT2D eigenvalue weighted by atomic mass is 14.5. The van der Waals surface area contributed by atoms with Crippen LogP contribution in [0.2, 0.25) is 0 Å². The second-order valence-corrected chi connectivity index (χ2v) is 4.90. The molecule has 3 saturated carbocycles. The predicted octanol–water partition coefficient (Wildman–Crippen LogP) is 3.00. The fourth-order valence-corrected chi connectivity index (χ4v) is 3.88. The molecular formula is C11H16. The largest absolute Gasteiger partial charge is 0.0996 e. The Hall–Kier alpha value is -0.260. The molecule has 0 nitrogen and oxygen atoms in total. The van der Waals surface area contributed by atoms with Gasteiger partial charge in [-0.25, -0.2) is 0 Å². The van der Waals surface area contributed by atoms with Gasteiger partial charge in [-0.05, 0) is 55.8 Å². The molecule has 0 aliphatic heterocycles. The van der Waals surface area contributed by atoms with Gasteiger partial charge in [-0.2, -0.15) is 0 Å². The van der Waals surface area contributed by atoms with Crippen molar-refractivity contribution in [3.8, 4) is 0 Å². The lowest BCUT2D eigenvalue weighted by Gasteiger charge is -2.35. The Kier molecular flexibility index (Phi) is 1.09. The molecular weight excluding hydrogens is 132 g/mol. The summed E-state index contributed by atoms with van der Waals surface area (Å²) in [5.41, 5.74) is 1.60. The summed E-state index contributed by atoms with van der Waals surface area (Å²) >= 11 is 0. The lowest BCUT2D eigenvalue weighted by molar-refractivity contribution is 0.218. The third kappa shape index (κ3) is 0.758. The van der Waals surface area contributed by atoms with E-state index in [2.05, 4.69) is 6.58 Å². The van der Waals surface area contributed by atoms with Crippen LogP contribution >= 0.6 is 0 Å². The summed E-state index contributed by atoms with van der Waals surface area (Å²) in [5, 5.41) is 0. The van der Waals surface area contributed by atoms with Crippen molar-refractivity contribution in [3.63, 3.8) is 0 Å². The molecule has 3 aliphatic rings. The quantitative estimate of drug-likeness (QED) is 0.463. The Morgan fingerprint density at radius 1 is 1.00 bits per heavy atom. The van der Waals surface area contributed by atoms with E-state index in [0.717, 1.165) is 23.7 Å². The van der Waals surface area contributed by atoms with E-state index in [9.17, 15) is 0 Å². The van der Waals surface area contributed by atoms with Crippen molar-refractivity contribution in [1.82, 2.24) is 0 Å². The van der Waals surface area contributed by atoms with Gasteiger partial charge in [0.25, 0.3) is 0 Å². The van der Waals surface area contributed by atoms with Gasteiger partial charge < -0.3 is 0 Å². The van der Waals surface area contributed by atoms with Crippen molar-refractivity contribution in [2.75, 3.05) is 0 Å². The van der Waals surface area contributed by atoms with Crippen LogP contribution in [0.5, 0.6) is 0 Å². The van der Waals surface area contributed by atoms with E-state index >= 15 is 0 Å². The highest BCUT2D eigenvalue weighted by molar-refractivity contribution is 5.14. The molecule has 0 spiro atoms. The molecule has 0 heterocycles. The summed E-state index contributed by atoms with van der Waals surface area (Å²) in [5.74, 6) is 4.17. The van der Waals surface area contributed by atoms with Gasteiger partial charge in [0.05, 0.1) is 0 Å². The predicted molar refractivity (Wildman–Crippen MR) is 46.2 cm³/mol. The first-order valence-electron chi connectivity index (χ1n) is 5.00. The Morgan fingerprint density at radius 2 is 1.82 bits per heavy atom. The molecule has 60 valence electrons. The van der Waals surface area contributed by atoms with Crippen LogP contribution in [0.3, 0.4) is 0 Å². The molecule has 0 amide bonds. The molecule has 3 aliphatic carbocycles. The summed E-state index contributed by atoms with van der Waals surface area (Å²) in [4.78, 5) is 0. The first-order chi connectivity index (χ1) is 5.33. The van der Waals surface area contributed by atoms with E-state index in [0.29, 0.717) is 0 Å². The highest BCUT2D eigenvalue weighted by Gasteiger charge is 2.45. The van der Waals surface area contributed by atoms with Gasteiger partial charge in [-0.1, -0.05) is 12.2 Å². The first kappa shape index (κ1) is 6.28.